The maximum absolute atomic E-state index is 11.6. The van der Waals surface area contributed by atoms with Crippen LogP contribution in [0.4, 0.5) is 5.82 Å². The Morgan fingerprint density at radius 1 is 1.22 bits per heavy atom. The maximum atomic E-state index is 11.6. The second-order valence-electron chi connectivity index (χ2n) is 6.49. The molecule has 3 heterocycles. The number of nitrogens with zero attached hydrogens (tertiary/aromatic N) is 6. The normalized spacial score (nSPS) is 20.0. The zero-order valence-electron chi connectivity index (χ0n) is 13.3. The Balaban J connectivity index is 1.54. The minimum Gasteiger partial charge on any atom is -0.352 e. The molecule has 8 nitrogen and oxygen atoms in total. The Morgan fingerprint density at radius 2 is 1.96 bits per heavy atom. The highest BCUT2D eigenvalue weighted by molar-refractivity contribution is 7.88. The lowest BCUT2D eigenvalue weighted by Crippen LogP contribution is -2.59. The fourth-order valence-corrected chi connectivity index (χ4v) is 3.70. The molecule has 0 atom stereocenters. The van der Waals surface area contributed by atoms with Crippen molar-refractivity contribution in [1.82, 2.24) is 24.1 Å². The van der Waals surface area contributed by atoms with Crippen molar-refractivity contribution in [3.8, 4) is 0 Å². The molecule has 0 N–H and O–H groups in total. The molecule has 0 aromatic carbocycles. The zero-order chi connectivity index (χ0) is 16.2. The number of sulfonamides is 1. The first kappa shape index (κ1) is 14.8. The predicted octanol–water partition coefficient (Wildman–Crippen LogP) is 0.472. The summed E-state index contributed by atoms with van der Waals surface area (Å²) >= 11 is 0. The van der Waals surface area contributed by atoms with E-state index in [0.717, 1.165) is 30.1 Å². The Morgan fingerprint density at radius 3 is 2.57 bits per heavy atom. The van der Waals surface area contributed by atoms with E-state index in [-0.39, 0.29) is 6.04 Å². The summed E-state index contributed by atoms with van der Waals surface area (Å²) in [7, 11) is -1.52. The first-order valence-electron chi connectivity index (χ1n) is 7.84. The Kier molecular flexibility index (Phi) is 3.31. The van der Waals surface area contributed by atoms with Gasteiger partial charge in [-0.25, -0.2) is 8.42 Å². The van der Waals surface area contributed by atoms with E-state index < -0.39 is 10.0 Å². The average Bonchev–Trinajstić information content (AvgIpc) is 2.77. The van der Waals surface area contributed by atoms with Crippen LogP contribution in [0.5, 0.6) is 0 Å². The molecular weight excluding hydrogens is 316 g/mol. The van der Waals surface area contributed by atoms with Crippen LogP contribution in [0.15, 0.2) is 12.1 Å². The fraction of sp³-hybridized carbons (Fsp3) is 0.643. The molecule has 1 saturated carbocycles. The van der Waals surface area contributed by atoms with Gasteiger partial charge in [-0.2, -0.15) is 8.82 Å². The third-order valence-corrected chi connectivity index (χ3v) is 6.31. The van der Waals surface area contributed by atoms with Crippen LogP contribution in [0, 0.1) is 0 Å². The molecule has 124 valence electrons. The lowest BCUT2D eigenvalue weighted by Gasteiger charge is -2.43. The predicted molar refractivity (Wildman–Crippen MR) is 86.0 cm³/mol. The molecule has 9 heteroatoms. The molecule has 0 radical (unpaired) electrons. The quantitative estimate of drug-likeness (QED) is 0.807. The second kappa shape index (κ2) is 5.13. The molecule has 2 fully saturated rings. The monoisotopic (exact) mass is 336 g/mol. The molecule has 2 aromatic rings. The minimum atomic E-state index is -3.15. The van der Waals surface area contributed by atoms with Crippen LogP contribution in [0.1, 0.15) is 31.0 Å². The van der Waals surface area contributed by atoms with Crippen molar-refractivity contribution in [2.45, 2.75) is 31.2 Å². The smallest absolute Gasteiger partial charge is 0.211 e. The SMILES string of the molecule is CN(C1CN(c2ccc3nnc(C4CCC4)n3n2)C1)S(C)(=O)=O. The summed E-state index contributed by atoms with van der Waals surface area (Å²) < 4.78 is 26.4. The molecule has 4 rings (SSSR count). The molecule has 0 amide bonds. The van der Waals surface area contributed by atoms with Gasteiger partial charge < -0.3 is 4.90 Å². The second-order valence-corrected chi connectivity index (χ2v) is 8.53. The van der Waals surface area contributed by atoms with Gasteiger partial charge in [0.1, 0.15) is 5.82 Å². The summed E-state index contributed by atoms with van der Waals surface area (Å²) in [5, 5.41) is 13.1. The Labute approximate surface area is 135 Å². The van der Waals surface area contributed by atoms with Crippen LogP contribution in [0.3, 0.4) is 0 Å². The first-order valence-corrected chi connectivity index (χ1v) is 9.68. The van der Waals surface area contributed by atoms with E-state index in [0.29, 0.717) is 19.0 Å². The van der Waals surface area contributed by atoms with Gasteiger partial charge in [-0.3, -0.25) is 0 Å². The van der Waals surface area contributed by atoms with E-state index in [1.165, 1.54) is 17.0 Å². The van der Waals surface area contributed by atoms with Crippen LogP contribution in [0.2, 0.25) is 0 Å². The summed E-state index contributed by atoms with van der Waals surface area (Å²) in [6.45, 7) is 1.31. The highest BCUT2D eigenvalue weighted by Crippen LogP contribution is 2.35. The van der Waals surface area contributed by atoms with Crippen LogP contribution >= 0.6 is 0 Å². The molecule has 2 aliphatic rings. The Bertz CT molecular complexity index is 838. The summed E-state index contributed by atoms with van der Waals surface area (Å²) in [4.78, 5) is 2.08. The largest absolute Gasteiger partial charge is 0.352 e. The number of fused-ring (bicyclic) bond motifs is 1. The van der Waals surface area contributed by atoms with Crippen molar-refractivity contribution in [3.63, 3.8) is 0 Å². The highest BCUT2D eigenvalue weighted by atomic mass is 32.2. The fourth-order valence-electron chi connectivity index (χ4n) is 3.03. The number of rotatable bonds is 4. The number of hydrogen-bond acceptors (Lipinski definition) is 6. The van der Waals surface area contributed by atoms with E-state index in [4.69, 9.17) is 0 Å². The molecule has 23 heavy (non-hydrogen) atoms. The van der Waals surface area contributed by atoms with Gasteiger partial charge in [0.15, 0.2) is 11.5 Å². The third kappa shape index (κ3) is 2.47. The van der Waals surface area contributed by atoms with Gasteiger partial charge in [-0.1, -0.05) is 6.42 Å². The van der Waals surface area contributed by atoms with E-state index in [9.17, 15) is 8.42 Å². The van der Waals surface area contributed by atoms with Crippen molar-refractivity contribution in [3.05, 3.63) is 18.0 Å². The third-order valence-electron chi connectivity index (χ3n) is 4.97. The van der Waals surface area contributed by atoms with Crippen LogP contribution in [-0.2, 0) is 10.0 Å². The van der Waals surface area contributed by atoms with Crippen LogP contribution in [-0.4, -0.2) is 65.0 Å². The van der Waals surface area contributed by atoms with Gasteiger partial charge in [0.05, 0.1) is 12.3 Å². The number of anilines is 1. The molecule has 0 unspecified atom stereocenters. The highest BCUT2D eigenvalue weighted by Gasteiger charge is 2.35. The van der Waals surface area contributed by atoms with Crippen molar-refractivity contribution in [1.29, 1.82) is 0 Å². The van der Waals surface area contributed by atoms with Crippen LogP contribution < -0.4 is 4.90 Å². The Hall–Kier alpha value is -1.74. The molecule has 2 aromatic heterocycles. The molecule has 0 spiro atoms. The lowest BCUT2D eigenvalue weighted by molar-refractivity contribution is 0.310. The topological polar surface area (TPSA) is 83.7 Å². The summed E-state index contributed by atoms with van der Waals surface area (Å²) in [6.07, 6.45) is 4.78. The minimum absolute atomic E-state index is 0.00881. The number of likely N-dealkylation sites (N-methyl/N-ethyl adjacent to an activating group) is 1. The van der Waals surface area contributed by atoms with Gasteiger partial charge in [0, 0.05) is 26.1 Å². The van der Waals surface area contributed by atoms with E-state index >= 15 is 0 Å². The van der Waals surface area contributed by atoms with E-state index in [1.807, 2.05) is 16.6 Å². The van der Waals surface area contributed by atoms with Crippen molar-refractivity contribution in [2.24, 2.45) is 0 Å². The molecule has 0 bridgehead atoms. The lowest BCUT2D eigenvalue weighted by atomic mass is 9.85. The van der Waals surface area contributed by atoms with E-state index in [2.05, 4.69) is 20.2 Å². The molecule has 1 saturated heterocycles. The summed E-state index contributed by atoms with van der Waals surface area (Å²) in [6, 6.07) is 3.85. The van der Waals surface area contributed by atoms with Gasteiger partial charge in [-0.05, 0) is 25.0 Å². The van der Waals surface area contributed by atoms with Crippen molar-refractivity contribution in [2.75, 3.05) is 31.3 Å². The van der Waals surface area contributed by atoms with Crippen molar-refractivity contribution < 1.29 is 8.42 Å². The molecule has 1 aliphatic heterocycles. The van der Waals surface area contributed by atoms with Gasteiger partial charge in [0.25, 0.3) is 0 Å². The zero-order valence-corrected chi connectivity index (χ0v) is 14.1. The van der Waals surface area contributed by atoms with Crippen molar-refractivity contribution >= 4 is 21.5 Å². The summed E-state index contributed by atoms with van der Waals surface area (Å²) in [5.41, 5.74) is 0.765. The van der Waals surface area contributed by atoms with Gasteiger partial charge in [0.2, 0.25) is 10.0 Å². The van der Waals surface area contributed by atoms with Gasteiger partial charge >= 0.3 is 0 Å². The number of aromatic nitrogens is 4. The van der Waals surface area contributed by atoms with Crippen LogP contribution in [0.25, 0.3) is 5.65 Å². The molecule has 1 aliphatic carbocycles. The molecular formula is C14H20N6O2S. The first-order chi connectivity index (χ1) is 10.9. The number of hydrogen-bond donors (Lipinski definition) is 0. The maximum Gasteiger partial charge on any atom is 0.211 e. The van der Waals surface area contributed by atoms with E-state index in [1.54, 1.807) is 7.05 Å². The summed E-state index contributed by atoms with van der Waals surface area (Å²) in [5.74, 6) is 2.25. The average molecular weight is 336 g/mol. The standard InChI is InChI=1S/C14H20N6O2S/c1-18(23(2,21)22)11-8-19(9-11)13-7-6-12-15-16-14(20(12)17-13)10-4-3-5-10/h6-7,10-11H,3-5,8-9H2,1-2H3. The van der Waals surface area contributed by atoms with Gasteiger partial charge in [-0.15, -0.1) is 15.3 Å².